The van der Waals surface area contributed by atoms with Crippen LogP contribution in [0.15, 0.2) is 30.5 Å². The van der Waals surface area contributed by atoms with Gasteiger partial charge in [-0.25, -0.2) is 9.48 Å². The molecule has 0 saturated heterocycles. The van der Waals surface area contributed by atoms with E-state index in [0.717, 1.165) is 0 Å². The van der Waals surface area contributed by atoms with Gasteiger partial charge in [0.1, 0.15) is 17.1 Å². The summed E-state index contributed by atoms with van der Waals surface area (Å²) in [7, 11) is 0. The predicted molar refractivity (Wildman–Crippen MR) is 73.4 cm³/mol. The van der Waals surface area contributed by atoms with E-state index in [1.807, 2.05) is 13.8 Å². The Morgan fingerprint density at radius 1 is 1.37 bits per heavy atom. The Kier molecular flexibility index (Phi) is 3.76. The van der Waals surface area contributed by atoms with Crippen molar-refractivity contribution in [1.82, 2.24) is 9.78 Å². The van der Waals surface area contributed by atoms with Gasteiger partial charge in [-0.05, 0) is 38.1 Å². The number of anilines is 1. The Balaban J connectivity index is 2.18. The lowest BCUT2D eigenvalue weighted by Crippen LogP contribution is -2.12. The van der Waals surface area contributed by atoms with Crippen molar-refractivity contribution in [3.05, 3.63) is 41.0 Å². The standard InChI is InChI=1S/C13H14ClN3O2/c1-8(2)17-12(15)11(7-16-17)13(18)19-10-5-3-9(14)4-6-10/h3-8H,15H2,1-2H3. The van der Waals surface area contributed by atoms with Crippen molar-refractivity contribution in [3.8, 4) is 5.75 Å². The molecule has 19 heavy (non-hydrogen) atoms. The average molecular weight is 280 g/mol. The molecule has 0 atom stereocenters. The molecule has 2 aromatic rings. The first-order chi connectivity index (χ1) is 8.99. The number of nitrogens with two attached hydrogens (primary N) is 1. The van der Waals surface area contributed by atoms with Crippen molar-refractivity contribution in [2.24, 2.45) is 0 Å². The summed E-state index contributed by atoms with van der Waals surface area (Å²) in [6.45, 7) is 3.86. The van der Waals surface area contributed by atoms with Crippen LogP contribution in [0.4, 0.5) is 5.82 Å². The molecule has 1 aromatic heterocycles. The quantitative estimate of drug-likeness (QED) is 0.693. The van der Waals surface area contributed by atoms with E-state index in [-0.39, 0.29) is 11.6 Å². The van der Waals surface area contributed by atoms with Gasteiger partial charge in [0.15, 0.2) is 0 Å². The van der Waals surface area contributed by atoms with Gasteiger partial charge in [0.05, 0.1) is 6.20 Å². The fraction of sp³-hybridized carbons (Fsp3) is 0.231. The molecule has 2 rings (SSSR count). The number of hydrogen-bond donors (Lipinski definition) is 1. The third kappa shape index (κ3) is 2.88. The minimum atomic E-state index is -0.535. The van der Waals surface area contributed by atoms with Gasteiger partial charge < -0.3 is 10.5 Å². The Hall–Kier alpha value is -2.01. The molecule has 0 saturated carbocycles. The zero-order valence-electron chi connectivity index (χ0n) is 10.6. The van der Waals surface area contributed by atoms with Gasteiger partial charge in [0.25, 0.3) is 0 Å². The molecule has 0 aliphatic heterocycles. The van der Waals surface area contributed by atoms with Crippen LogP contribution < -0.4 is 10.5 Å². The monoisotopic (exact) mass is 279 g/mol. The van der Waals surface area contributed by atoms with E-state index < -0.39 is 5.97 Å². The highest BCUT2D eigenvalue weighted by Gasteiger charge is 2.18. The number of carbonyl (C=O) groups is 1. The largest absolute Gasteiger partial charge is 0.423 e. The van der Waals surface area contributed by atoms with Crippen molar-refractivity contribution in [1.29, 1.82) is 0 Å². The molecule has 0 unspecified atom stereocenters. The van der Waals surface area contributed by atoms with Crippen molar-refractivity contribution in [3.63, 3.8) is 0 Å². The van der Waals surface area contributed by atoms with Gasteiger partial charge in [-0.2, -0.15) is 5.10 Å². The second kappa shape index (κ2) is 5.32. The zero-order chi connectivity index (χ0) is 14.0. The Labute approximate surface area is 115 Å². The maximum atomic E-state index is 12.0. The Bertz CT molecular complexity index is 590. The molecule has 0 bridgehead atoms. The molecular weight excluding hydrogens is 266 g/mol. The van der Waals surface area contributed by atoms with Crippen LogP contribution in [0.3, 0.4) is 0 Å². The van der Waals surface area contributed by atoms with Crippen LogP contribution in [0.1, 0.15) is 30.2 Å². The zero-order valence-corrected chi connectivity index (χ0v) is 11.4. The maximum Gasteiger partial charge on any atom is 0.348 e. The number of nitrogens with zero attached hydrogens (tertiary/aromatic N) is 2. The number of nitrogen functional groups attached to an aromatic ring is 1. The number of esters is 1. The maximum absolute atomic E-state index is 12.0. The minimum Gasteiger partial charge on any atom is -0.423 e. The van der Waals surface area contributed by atoms with Crippen LogP contribution in [-0.2, 0) is 0 Å². The number of aromatic nitrogens is 2. The molecule has 0 aliphatic rings. The van der Waals surface area contributed by atoms with Gasteiger partial charge in [0.2, 0.25) is 0 Å². The lowest BCUT2D eigenvalue weighted by molar-refractivity contribution is 0.0736. The summed E-state index contributed by atoms with van der Waals surface area (Å²) in [5.74, 6) is 0.173. The molecule has 1 heterocycles. The average Bonchev–Trinajstić information content (AvgIpc) is 2.74. The molecule has 100 valence electrons. The summed E-state index contributed by atoms with van der Waals surface area (Å²) >= 11 is 5.75. The number of halogens is 1. The van der Waals surface area contributed by atoms with Crippen molar-refractivity contribution < 1.29 is 9.53 Å². The summed E-state index contributed by atoms with van der Waals surface area (Å²) in [6.07, 6.45) is 1.41. The summed E-state index contributed by atoms with van der Waals surface area (Å²) in [6, 6.07) is 6.60. The molecule has 0 spiro atoms. The predicted octanol–water partition coefficient (Wildman–Crippen LogP) is 2.92. The SMILES string of the molecule is CC(C)n1ncc(C(=O)Oc2ccc(Cl)cc2)c1N. The van der Waals surface area contributed by atoms with Crippen molar-refractivity contribution in [2.75, 3.05) is 5.73 Å². The molecule has 6 heteroatoms. The lowest BCUT2D eigenvalue weighted by Gasteiger charge is -2.08. The fourth-order valence-electron chi connectivity index (χ4n) is 1.61. The molecule has 0 amide bonds. The van der Waals surface area contributed by atoms with Crippen LogP contribution in [0.2, 0.25) is 5.02 Å². The summed E-state index contributed by atoms with van der Waals surface area (Å²) < 4.78 is 6.77. The molecule has 2 N–H and O–H groups in total. The first kappa shape index (κ1) is 13.4. The van der Waals surface area contributed by atoms with E-state index >= 15 is 0 Å². The number of carbonyl (C=O) groups excluding carboxylic acids is 1. The molecule has 0 radical (unpaired) electrons. The van der Waals surface area contributed by atoms with Crippen LogP contribution >= 0.6 is 11.6 Å². The number of rotatable bonds is 3. The topological polar surface area (TPSA) is 70.1 Å². The second-order valence-corrected chi connectivity index (χ2v) is 4.76. The van der Waals surface area contributed by atoms with Crippen LogP contribution in [0.5, 0.6) is 5.75 Å². The first-order valence-corrected chi connectivity index (χ1v) is 6.17. The van der Waals surface area contributed by atoms with E-state index in [1.54, 1.807) is 28.9 Å². The van der Waals surface area contributed by atoms with Crippen molar-refractivity contribution >= 4 is 23.4 Å². The van der Waals surface area contributed by atoms with Crippen LogP contribution in [0.25, 0.3) is 0 Å². The molecule has 0 aliphatic carbocycles. The Morgan fingerprint density at radius 3 is 2.53 bits per heavy atom. The van der Waals surface area contributed by atoms with Gasteiger partial charge in [-0.1, -0.05) is 11.6 Å². The fourth-order valence-corrected chi connectivity index (χ4v) is 1.73. The van der Waals surface area contributed by atoms with Crippen LogP contribution in [0, 0.1) is 0 Å². The number of hydrogen-bond acceptors (Lipinski definition) is 4. The van der Waals surface area contributed by atoms with E-state index in [9.17, 15) is 4.79 Å². The normalized spacial score (nSPS) is 10.7. The van der Waals surface area contributed by atoms with Gasteiger partial charge >= 0.3 is 5.97 Å². The second-order valence-electron chi connectivity index (χ2n) is 4.33. The third-order valence-electron chi connectivity index (χ3n) is 2.57. The third-order valence-corrected chi connectivity index (χ3v) is 2.82. The number of benzene rings is 1. The highest BCUT2D eigenvalue weighted by Crippen LogP contribution is 2.20. The number of ether oxygens (including phenoxy) is 1. The van der Waals surface area contributed by atoms with Crippen molar-refractivity contribution in [2.45, 2.75) is 19.9 Å². The van der Waals surface area contributed by atoms with Gasteiger partial charge in [-0.15, -0.1) is 0 Å². The van der Waals surface area contributed by atoms with Gasteiger partial charge in [0, 0.05) is 11.1 Å². The molecule has 1 aromatic carbocycles. The van der Waals surface area contributed by atoms with Gasteiger partial charge in [-0.3, -0.25) is 0 Å². The van der Waals surface area contributed by atoms with E-state index in [4.69, 9.17) is 22.1 Å². The molecule has 5 nitrogen and oxygen atoms in total. The lowest BCUT2D eigenvalue weighted by atomic mass is 10.3. The minimum absolute atomic E-state index is 0.0806. The first-order valence-electron chi connectivity index (χ1n) is 5.79. The van der Waals surface area contributed by atoms with E-state index in [2.05, 4.69) is 5.10 Å². The summed E-state index contributed by atoms with van der Waals surface area (Å²) in [5.41, 5.74) is 6.11. The summed E-state index contributed by atoms with van der Waals surface area (Å²) in [5, 5.41) is 4.64. The molecule has 0 fully saturated rings. The smallest absolute Gasteiger partial charge is 0.348 e. The van der Waals surface area contributed by atoms with Crippen LogP contribution in [-0.4, -0.2) is 15.7 Å². The van der Waals surface area contributed by atoms with E-state index in [1.165, 1.54) is 6.20 Å². The van der Waals surface area contributed by atoms with E-state index in [0.29, 0.717) is 16.6 Å². The highest BCUT2D eigenvalue weighted by atomic mass is 35.5. The molecular formula is C13H14ClN3O2. The highest BCUT2D eigenvalue weighted by molar-refractivity contribution is 6.30. The summed E-state index contributed by atoms with van der Waals surface area (Å²) in [4.78, 5) is 12.0. The Morgan fingerprint density at radius 2 is 2.00 bits per heavy atom.